The van der Waals surface area contributed by atoms with Gasteiger partial charge >= 0.3 is 0 Å². The van der Waals surface area contributed by atoms with Gasteiger partial charge in [0.15, 0.2) is 0 Å². The molecule has 4 heteroatoms. The SMILES string of the molecule is CCCC(CC)N(C(CC)CCC)S(=O)O. The zero-order valence-electron chi connectivity index (χ0n) is 11.1. The van der Waals surface area contributed by atoms with Gasteiger partial charge in [0.1, 0.15) is 0 Å². The Labute approximate surface area is 103 Å². The standard InChI is InChI=1S/C12H27NO2S/c1-5-9-11(7-3)13(16(14)15)12(8-4)10-6-2/h11-12H,5-10H2,1-4H3,(H,14,15). The second-order valence-electron chi connectivity index (χ2n) is 4.29. The quantitative estimate of drug-likeness (QED) is 0.634. The van der Waals surface area contributed by atoms with E-state index in [9.17, 15) is 8.76 Å². The van der Waals surface area contributed by atoms with Crippen molar-refractivity contribution in [3.8, 4) is 0 Å². The molecule has 0 amide bonds. The van der Waals surface area contributed by atoms with Crippen molar-refractivity contribution in [2.75, 3.05) is 0 Å². The van der Waals surface area contributed by atoms with E-state index in [0.717, 1.165) is 38.5 Å². The van der Waals surface area contributed by atoms with Gasteiger partial charge in [-0.15, -0.1) is 0 Å². The molecule has 0 aliphatic heterocycles. The molecule has 16 heavy (non-hydrogen) atoms. The fourth-order valence-corrected chi connectivity index (χ4v) is 3.26. The van der Waals surface area contributed by atoms with Crippen LogP contribution >= 0.6 is 0 Å². The molecule has 0 bridgehead atoms. The average molecular weight is 249 g/mol. The lowest BCUT2D eigenvalue weighted by Gasteiger charge is -2.33. The molecule has 3 atom stereocenters. The third-order valence-corrected chi connectivity index (χ3v) is 4.04. The molecule has 0 saturated carbocycles. The van der Waals surface area contributed by atoms with Crippen LogP contribution < -0.4 is 0 Å². The Morgan fingerprint density at radius 3 is 1.56 bits per heavy atom. The molecule has 0 radical (unpaired) electrons. The van der Waals surface area contributed by atoms with Gasteiger partial charge in [0, 0.05) is 12.1 Å². The van der Waals surface area contributed by atoms with Crippen LogP contribution in [0.15, 0.2) is 0 Å². The molecule has 0 heterocycles. The van der Waals surface area contributed by atoms with Crippen LogP contribution in [0.3, 0.4) is 0 Å². The lowest BCUT2D eigenvalue weighted by Crippen LogP contribution is -2.43. The van der Waals surface area contributed by atoms with Crippen LogP contribution in [0.5, 0.6) is 0 Å². The van der Waals surface area contributed by atoms with Gasteiger partial charge in [-0.3, -0.25) is 4.55 Å². The van der Waals surface area contributed by atoms with Crippen molar-refractivity contribution in [3.05, 3.63) is 0 Å². The highest BCUT2D eigenvalue weighted by Crippen LogP contribution is 2.21. The Hall–Kier alpha value is 0.0700. The van der Waals surface area contributed by atoms with Crippen molar-refractivity contribution >= 4 is 11.3 Å². The first-order valence-corrected chi connectivity index (χ1v) is 7.57. The van der Waals surface area contributed by atoms with Crippen molar-refractivity contribution in [1.82, 2.24) is 4.31 Å². The Morgan fingerprint density at radius 1 is 1.00 bits per heavy atom. The summed E-state index contributed by atoms with van der Waals surface area (Å²) in [5.74, 6) is 0. The maximum atomic E-state index is 11.5. The predicted molar refractivity (Wildman–Crippen MR) is 70.6 cm³/mol. The minimum absolute atomic E-state index is 0.243. The first-order chi connectivity index (χ1) is 7.62. The minimum Gasteiger partial charge on any atom is -0.294 e. The minimum atomic E-state index is -1.83. The van der Waals surface area contributed by atoms with Crippen LogP contribution in [0, 0.1) is 0 Å². The molecule has 0 aliphatic carbocycles. The molecule has 0 aromatic rings. The van der Waals surface area contributed by atoms with Crippen molar-refractivity contribution in [1.29, 1.82) is 0 Å². The highest BCUT2D eigenvalue weighted by atomic mass is 32.2. The summed E-state index contributed by atoms with van der Waals surface area (Å²) >= 11 is -1.83. The molecule has 0 spiro atoms. The second kappa shape index (κ2) is 9.14. The molecule has 0 aliphatic rings. The summed E-state index contributed by atoms with van der Waals surface area (Å²) in [6.07, 6.45) is 6.02. The van der Waals surface area contributed by atoms with Crippen molar-refractivity contribution in [2.45, 2.75) is 78.3 Å². The molecule has 0 rings (SSSR count). The normalized spacial score (nSPS) is 17.4. The first kappa shape index (κ1) is 16.1. The highest BCUT2D eigenvalue weighted by Gasteiger charge is 2.27. The van der Waals surface area contributed by atoms with Crippen LogP contribution in [0.2, 0.25) is 0 Å². The predicted octanol–water partition coefficient (Wildman–Crippen LogP) is 3.58. The maximum Gasteiger partial charge on any atom is 0.235 e. The third-order valence-electron chi connectivity index (χ3n) is 3.09. The molecule has 0 aromatic carbocycles. The van der Waals surface area contributed by atoms with E-state index in [4.69, 9.17) is 0 Å². The summed E-state index contributed by atoms with van der Waals surface area (Å²) in [6.45, 7) is 8.45. The van der Waals surface area contributed by atoms with Gasteiger partial charge in [0.2, 0.25) is 11.3 Å². The molecule has 98 valence electrons. The topological polar surface area (TPSA) is 40.5 Å². The summed E-state index contributed by atoms with van der Waals surface area (Å²) in [4.78, 5) is 0. The number of rotatable bonds is 9. The summed E-state index contributed by atoms with van der Waals surface area (Å²) in [7, 11) is 0. The van der Waals surface area contributed by atoms with E-state index in [1.165, 1.54) is 0 Å². The number of hydrogen-bond donors (Lipinski definition) is 1. The molecule has 3 nitrogen and oxygen atoms in total. The van der Waals surface area contributed by atoms with Gasteiger partial charge < -0.3 is 0 Å². The average Bonchev–Trinajstić information content (AvgIpc) is 2.26. The molecular formula is C12H27NO2S. The van der Waals surface area contributed by atoms with E-state index < -0.39 is 11.3 Å². The summed E-state index contributed by atoms with van der Waals surface area (Å²) in [5.41, 5.74) is 0. The molecule has 0 aromatic heterocycles. The fraction of sp³-hybridized carbons (Fsp3) is 1.00. The Kier molecular flexibility index (Phi) is 9.18. The first-order valence-electron chi connectivity index (χ1n) is 6.51. The van der Waals surface area contributed by atoms with Crippen LogP contribution in [0.4, 0.5) is 0 Å². The van der Waals surface area contributed by atoms with Crippen molar-refractivity contribution < 1.29 is 8.76 Å². The van der Waals surface area contributed by atoms with E-state index in [-0.39, 0.29) is 12.1 Å². The van der Waals surface area contributed by atoms with E-state index >= 15 is 0 Å². The van der Waals surface area contributed by atoms with Crippen LogP contribution in [-0.4, -0.2) is 25.2 Å². The van der Waals surface area contributed by atoms with E-state index in [0.29, 0.717) is 0 Å². The van der Waals surface area contributed by atoms with E-state index in [2.05, 4.69) is 27.7 Å². The monoisotopic (exact) mass is 249 g/mol. The molecule has 3 unspecified atom stereocenters. The van der Waals surface area contributed by atoms with Crippen molar-refractivity contribution in [3.63, 3.8) is 0 Å². The Bertz CT molecular complexity index is 185. The Morgan fingerprint density at radius 2 is 1.38 bits per heavy atom. The molecule has 0 fully saturated rings. The summed E-state index contributed by atoms with van der Waals surface area (Å²) in [5, 5.41) is 0. The van der Waals surface area contributed by atoms with Crippen LogP contribution in [0.25, 0.3) is 0 Å². The van der Waals surface area contributed by atoms with Gasteiger partial charge in [0.25, 0.3) is 0 Å². The lowest BCUT2D eigenvalue weighted by atomic mass is 10.0. The van der Waals surface area contributed by atoms with Crippen LogP contribution in [0.1, 0.15) is 66.2 Å². The highest BCUT2D eigenvalue weighted by molar-refractivity contribution is 7.76. The second-order valence-corrected chi connectivity index (χ2v) is 5.18. The molecule has 0 saturated heterocycles. The zero-order chi connectivity index (χ0) is 12.6. The van der Waals surface area contributed by atoms with Gasteiger partial charge in [-0.25, -0.2) is 4.21 Å². The van der Waals surface area contributed by atoms with Gasteiger partial charge in [0.05, 0.1) is 0 Å². The fourth-order valence-electron chi connectivity index (χ4n) is 2.24. The van der Waals surface area contributed by atoms with Gasteiger partial charge in [-0.1, -0.05) is 40.5 Å². The van der Waals surface area contributed by atoms with Crippen LogP contribution in [-0.2, 0) is 11.3 Å². The number of nitrogens with zero attached hydrogens (tertiary/aromatic N) is 1. The summed E-state index contributed by atoms with van der Waals surface area (Å²) < 4.78 is 22.8. The van der Waals surface area contributed by atoms with Gasteiger partial charge in [-0.2, -0.15) is 4.31 Å². The maximum absolute atomic E-state index is 11.5. The van der Waals surface area contributed by atoms with Crippen molar-refractivity contribution in [2.24, 2.45) is 0 Å². The third kappa shape index (κ3) is 4.93. The Balaban J connectivity index is 4.71. The van der Waals surface area contributed by atoms with E-state index in [1.54, 1.807) is 0 Å². The zero-order valence-corrected chi connectivity index (χ0v) is 11.9. The molecular weight excluding hydrogens is 222 g/mol. The summed E-state index contributed by atoms with van der Waals surface area (Å²) in [6, 6.07) is 0.486. The largest absolute Gasteiger partial charge is 0.294 e. The van der Waals surface area contributed by atoms with E-state index in [1.807, 2.05) is 4.31 Å². The smallest absolute Gasteiger partial charge is 0.235 e. The molecule has 1 N–H and O–H groups in total. The van der Waals surface area contributed by atoms with Gasteiger partial charge in [-0.05, 0) is 25.7 Å². The number of hydrogen-bond acceptors (Lipinski definition) is 1. The lowest BCUT2D eigenvalue weighted by molar-refractivity contribution is 0.211.